The summed E-state index contributed by atoms with van der Waals surface area (Å²) in [6.07, 6.45) is 4.61. The van der Waals surface area contributed by atoms with E-state index in [2.05, 4.69) is 15.3 Å². The predicted molar refractivity (Wildman–Crippen MR) is 66.5 cm³/mol. The summed E-state index contributed by atoms with van der Waals surface area (Å²) in [7, 11) is 0. The van der Waals surface area contributed by atoms with Crippen LogP contribution in [-0.2, 0) is 0 Å². The standard InChI is InChI=1S/C11H19N5O/c1-3-11(13,4-2)7-16-10-8(9(12)17)14-5-6-15-10/h5-6H,3-4,7,13H2,1-2H3,(H2,12,17)(H,15,16). The van der Waals surface area contributed by atoms with E-state index in [4.69, 9.17) is 11.5 Å². The Morgan fingerprint density at radius 1 is 1.35 bits per heavy atom. The molecule has 0 aliphatic carbocycles. The summed E-state index contributed by atoms with van der Waals surface area (Å²) in [5, 5.41) is 3.04. The third kappa shape index (κ3) is 3.39. The molecule has 6 nitrogen and oxygen atoms in total. The highest BCUT2D eigenvalue weighted by Crippen LogP contribution is 2.14. The number of primary amides is 1. The van der Waals surface area contributed by atoms with Gasteiger partial charge in [-0.25, -0.2) is 9.97 Å². The maximum atomic E-state index is 11.1. The minimum absolute atomic E-state index is 0.141. The largest absolute Gasteiger partial charge is 0.366 e. The third-order valence-corrected chi connectivity index (χ3v) is 2.95. The van der Waals surface area contributed by atoms with Gasteiger partial charge in [0.25, 0.3) is 5.91 Å². The lowest BCUT2D eigenvalue weighted by Gasteiger charge is -2.27. The number of nitrogens with one attached hydrogen (secondary N) is 1. The van der Waals surface area contributed by atoms with E-state index in [0.29, 0.717) is 12.4 Å². The number of rotatable bonds is 6. The molecule has 0 aliphatic heterocycles. The average Bonchev–Trinajstić information content (AvgIpc) is 2.36. The number of anilines is 1. The first kappa shape index (κ1) is 13.4. The lowest BCUT2D eigenvalue weighted by Crippen LogP contribution is -2.45. The van der Waals surface area contributed by atoms with Crippen LogP contribution in [0.1, 0.15) is 37.2 Å². The van der Waals surface area contributed by atoms with E-state index in [9.17, 15) is 4.79 Å². The zero-order valence-electron chi connectivity index (χ0n) is 10.2. The Balaban J connectivity index is 2.79. The number of carbonyl (C=O) groups is 1. The summed E-state index contributed by atoms with van der Waals surface area (Å²) < 4.78 is 0. The maximum absolute atomic E-state index is 11.1. The van der Waals surface area contributed by atoms with Gasteiger partial charge in [-0.3, -0.25) is 4.79 Å². The summed E-state index contributed by atoms with van der Waals surface area (Å²) in [4.78, 5) is 19.1. The van der Waals surface area contributed by atoms with Crippen molar-refractivity contribution in [3.8, 4) is 0 Å². The molecule has 0 unspecified atom stereocenters. The van der Waals surface area contributed by atoms with E-state index < -0.39 is 5.91 Å². The van der Waals surface area contributed by atoms with Crippen LogP contribution in [-0.4, -0.2) is 28.0 Å². The van der Waals surface area contributed by atoms with Crippen molar-refractivity contribution in [3.63, 3.8) is 0 Å². The van der Waals surface area contributed by atoms with Crippen LogP contribution in [0, 0.1) is 0 Å². The van der Waals surface area contributed by atoms with E-state index in [1.54, 1.807) is 0 Å². The SMILES string of the molecule is CCC(N)(CC)CNc1nccnc1C(N)=O. The van der Waals surface area contributed by atoms with Gasteiger partial charge in [-0.2, -0.15) is 0 Å². The molecule has 17 heavy (non-hydrogen) atoms. The van der Waals surface area contributed by atoms with Gasteiger partial charge in [-0.1, -0.05) is 13.8 Å². The molecule has 1 aromatic heterocycles. The number of carbonyl (C=O) groups excluding carboxylic acids is 1. The van der Waals surface area contributed by atoms with E-state index >= 15 is 0 Å². The van der Waals surface area contributed by atoms with Gasteiger partial charge in [0, 0.05) is 24.5 Å². The van der Waals surface area contributed by atoms with Crippen LogP contribution in [0.2, 0.25) is 0 Å². The number of hydrogen-bond donors (Lipinski definition) is 3. The van der Waals surface area contributed by atoms with Gasteiger partial charge in [0.1, 0.15) is 0 Å². The number of amides is 1. The fraction of sp³-hybridized carbons (Fsp3) is 0.545. The Bertz CT molecular complexity index is 389. The van der Waals surface area contributed by atoms with Crippen molar-refractivity contribution < 1.29 is 4.79 Å². The Labute approximate surface area is 101 Å². The Kier molecular flexibility index (Phi) is 4.39. The van der Waals surface area contributed by atoms with Crippen molar-refractivity contribution in [1.82, 2.24) is 9.97 Å². The number of nitrogens with zero attached hydrogens (tertiary/aromatic N) is 2. The van der Waals surface area contributed by atoms with E-state index in [1.807, 2.05) is 13.8 Å². The first-order chi connectivity index (χ1) is 8.02. The second-order valence-electron chi connectivity index (χ2n) is 4.04. The summed E-state index contributed by atoms with van der Waals surface area (Å²) in [6, 6.07) is 0. The first-order valence-electron chi connectivity index (χ1n) is 5.66. The fourth-order valence-electron chi connectivity index (χ4n) is 1.41. The molecule has 1 rings (SSSR count). The van der Waals surface area contributed by atoms with Crippen molar-refractivity contribution in [2.24, 2.45) is 11.5 Å². The van der Waals surface area contributed by atoms with E-state index in [1.165, 1.54) is 12.4 Å². The molecule has 6 heteroatoms. The first-order valence-corrected chi connectivity index (χ1v) is 5.66. The molecule has 0 radical (unpaired) electrons. The zero-order chi connectivity index (χ0) is 12.9. The van der Waals surface area contributed by atoms with Crippen LogP contribution in [0.25, 0.3) is 0 Å². The van der Waals surface area contributed by atoms with Gasteiger partial charge in [-0.05, 0) is 12.8 Å². The molecular formula is C11H19N5O. The van der Waals surface area contributed by atoms with E-state index in [0.717, 1.165) is 12.8 Å². The smallest absolute Gasteiger partial charge is 0.271 e. The van der Waals surface area contributed by atoms with Gasteiger partial charge in [0.15, 0.2) is 11.5 Å². The number of hydrogen-bond acceptors (Lipinski definition) is 5. The fourth-order valence-corrected chi connectivity index (χ4v) is 1.41. The third-order valence-electron chi connectivity index (χ3n) is 2.95. The molecule has 0 atom stereocenters. The minimum atomic E-state index is -0.601. The van der Waals surface area contributed by atoms with Crippen molar-refractivity contribution in [1.29, 1.82) is 0 Å². The second-order valence-corrected chi connectivity index (χ2v) is 4.04. The molecule has 0 saturated carbocycles. The topological polar surface area (TPSA) is 107 Å². The molecule has 1 heterocycles. The molecule has 0 aromatic carbocycles. The summed E-state index contributed by atoms with van der Waals surface area (Å²) >= 11 is 0. The molecular weight excluding hydrogens is 218 g/mol. The summed E-state index contributed by atoms with van der Waals surface area (Å²) in [5.74, 6) is -0.215. The minimum Gasteiger partial charge on any atom is -0.366 e. The summed E-state index contributed by atoms with van der Waals surface area (Å²) in [5.41, 5.74) is 11.2. The van der Waals surface area contributed by atoms with Crippen molar-refractivity contribution in [2.75, 3.05) is 11.9 Å². The van der Waals surface area contributed by atoms with Crippen molar-refractivity contribution in [3.05, 3.63) is 18.1 Å². The van der Waals surface area contributed by atoms with Gasteiger partial charge < -0.3 is 16.8 Å². The summed E-state index contributed by atoms with van der Waals surface area (Å²) in [6.45, 7) is 4.58. The molecule has 1 amide bonds. The molecule has 0 bridgehead atoms. The Hall–Kier alpha value is -1.69. The maximum Gasteiger partial charge on any atom is 0.271 e. The van der Waals surface area contributed by atoms with E-state index in [-0.39, 0.29) is 11.2 Å². The highest BCUT2D eigenvalue weighted by atomic mass is 16.1. The lowest BCUT2D eigenvalue weighted by molar-refractivity contribution is 0.0996. The second kappa shape index (κ2) is 5.58. The van der Waals surface area contributed by atoms with Crippen LogP contribution in [0.5, 0.6) is 0 Å². The highest BCUT2D eigenvalue weighted by Gasteiger charge is 2.21. The predicted octanol–water partition coefficient (Wildman–Crippen LogP) is 0.505. The molecule has 0 spiro atoms. The zero-order valence-corrected chi connectivity index (χ0v) is 10.2. The van der Waals surface area contributed by atoms with Crippen LogP contribution < -0.4 is 16.8 Å². The molecule has 0 saturated heterocycles. The number of nitrogens with two attached hydrogens (primary N) is 2. The average molecular weight is 237 g/mol. The van der Waals surface area contributed by atoms with Crippen LogP contribution >= 0.6 is 0 Å². The monoisotopic (exact) mass is 237 g/mol. The lowest BCUT2D eigenvalue weighted by atomic mass is 9.94. The molecule has 5 N–H and O–H groups in total. The molecule has 0 fully saturated rings. The van der Waals surface area contributed by atoms with Gasteiger partial charge in [-0.15, -0.1) is 0 Å². The molecule has 94 valence electrons. The van der Waals surface area contributed by atoms with Gasteiger partial charge in [0.05, 0.1) is 0 Å². The van der Waals surface area contributed by atoms with Crippen molar-refractivity contribution in [2.45, 2.75) is 32.2 Å². The molecule has 1 aromatic rings. The van der Waals surface area contributed by atoms with Gasteiger partial charge >= 0.3 is 0 Å². The normalized spacial score (nSPS) is 11.2. The Morgan fingerprint density at radius 3 is 2.47 bits per heavy atom. The quantitative estimate of drug-likeness (QED) is 0.668. The van der Waals surface area contributed by atoms with Crippen molar-refractivity contribution >= 4 is 11.7 Å². The van der Waals surface area contributed by atoms with Crippen LogP contribution in [0.4, 0.5) is 5.82 Å². The molecule has 0 aliphatic rings. The highest BCUT2D eigenvalue weighted by molar-refractivity contribution is 5.95. The van der Waals surface area contributed by atoms with Crippen LogP contribution in [0.15, 0.2) is 12.4 Å². The number of aromatic nitrogens is 2. The van der Waals surface area contributed by atoms with Crippen LogP contribution in [0.3, 0.4) is 0 Å². The van der Waals surface area contributed by atoms with Gasteiger partial charge in [0.2, 0.25) is 0 Å². The Morgan fingerprint density at radius 2 is 1.94 bits per heavy atom.